The molecular weight excluding hydrogens is 280 g/mol. The molecule has 1 saturated heterocycles. The third-order valence-corrected chi connectivity index (χ3v) is 3.25. The molecule has 1 aromatic rings. The smallest absolute Gasteiger partial charge is 0.241 e. The molecule has 0 aliphatic carbocycles. The van der Waals surface area contributed by atoms with Crippen molar-refractivity contribution in [2.75, 3.05) is 43.4 Å². The van der Waals surface area contributed by atoms with Crippen LogP contribution >= 0.6 is 11.6 Å². The summed E-state index contributed by atoms with van der Waals surface area (Å²) in [5, 5.41) is 3.22. The number of hydrogen-bond acceptors (Lipinski definition) is 6. The van der Waals surface area contributed by atoms with E-state index in [1.165, 1.54) is 0 Å². The summed E-state index contributed by atoms with van der Waals surface area (Å²) in [7, 11) is 1.81. The van der Waals surface area contributed by atoms with Crippen LogP contribution in [0.15, 0.2) is 0 Å². The van der Waals surface area contributed by atoms with Crippen molar-refractivity contribution in [2.45, 2.75) is 19.8 Å². The minimum atomic E-state index is 0.0575. The minimum Gasteiger partial charge on any atom is -0.354 e. The van der Waals surface area contributed by atoms with Gasteiger partial charge in [-0.25, -0.2) is 0 Å². The van der Waals surface area contributed by atoms with Gasteiger partial charge in [-0.05, 0) is 24.4 Å². The third kappa shape index (κ3) is 3.69. The normalized spacial score (nSPS) is 16.2. The summed E-state index contributed by atoms with van der Waals surface area (Å²) < 4.78 is 0. The Balaban J connectivity index is 2.18. The number of halogens is 1. The molecule has 1 aromatic heterocycles. The van der Waals surface area contributed by atoms with Gasteiger partial charge in [-0.2, -0.15) is 15.0 Å². The van der Waals surface area contributed by atoms with Crippen LogP contribution in [-0.4, -0.2) is 59.0 Å². The van der Waals surface area contributed by atoms with E-state index < -0.39 is 0 Å². The molecule has 1 amide bonds. The molecule has 2 heterocycles. The van der Waals surface area contributed by atoms with Crippen molar-refractivity contribution in [1.82, 2.24) is 19.9 Å². The largest absolute Gasteiger partial charge is 0.354 e. The molecule has 0 unspecified atom stereocenters. The molecule has 1 aliphatic rings. The number of nitrogens with one attached hydrogen (secondary N) is 1. The Hall–Kier alpha value is -1.63. The van der Waals surface area contributed by atoms with Crippen LogP contribution in [0.1, 0.15) is 19.8 Å². The zero-order chi connectivity index (χ0) is 14.5. The molecule has 7 nitrogen and oxygen atoms in total. The van der Waals surface area contributed by atoms with Gasteiger partial charge in [0, 0.05) is 26.7 Å². The molecular formula is C12H19ClN6O. The van der Waals surface area contributed by atoms with E-state index in [0.29, 0.717) is 11.9 Å². The molecule has 1 fully saturated rings. The molecule has 0 bridgehead atoms. The van der Waals surface area contributed by atoms with Gasteiger partial charge >= 0.3 is 0 Å². The second kappa shape index (κ2) is 6.69. The van der Waals surface area contributed by atoms with Crippen LogP contribution in [0.2, 0.25) is 5.28 Å². The third-order valence-electron chi connectivity index (χ3n) is 3.09. The second-order valence-corrected chi connectivity index (χ2v) is 5.08. The number of anilines is 2. The van der Waals surface area contributed by atoms with Crippen LogP contribution < -0.4 is 10.2 Å². The molecule has 0 saturated carbocycles. The van der Waals surface area contributed by atoms with E-state index in [1.807, 2.05) is 4.90 Å². The number of nitrogens with zero attached hydrogens (tertiary/aromatic N) is 5. The van der Waals surface area contributed by atoms with E-state index in [-0.39, 0.29) is 17.7 Å². The molecule has 0 radical (unpaired) electrons. The van der Waals surface area contributed by atoms with E-state index in [4.69, 9.17) is 11.6 Å². The zero-order valence-electron chi connectivity index (χ0n) is 11.8. The predicted molar refractivity (Wildman–Crippen MR) is 78.1 cm³/mol. The van der Waals surface area contributed by atoms with Crippen molar-refractivity contribution >= 4 is 29.4 Å². The van der Waals surface area contributed by atoms with E-state index in [2.05, 4.69) is 27.2 Å². The summed E-state index contributed by atoms with van der Waals surface area (Å²) >= 11 is 5.93. The van der Waals surface area contributed by atoms with Crippen molar-refractivity contribution in [3.63, 3.8) is 0 Å². The summed E-state index contributed by atoms with van der Waals surface area (Å²) in [5.74, 6) is 0.959. The lowest BCUT2D eigenvalue weighted by molar-refractivity contribution is -0.127. The van der Waals surface area contributed by atoms with Crippen molar-refractivity contribution in [3.8, 4) is 0 Å². The Kier molecular flexibility index (Phi) is 4.94. The van der Waals surface area contributed by atoms with Gasteiger partial charge in [-0.15, -0.1) is 0 Å². The van der Waals surface area contributed by atoms with Crippen molar-refractivity contribution in [1.29, 1.82) is 0 Å². The summed E-state index contributed by atoms with van der Waals surface area (Å²) in [4.78, 5) is 28.0. The van der Waals surface area contributed by atoms with Crippen LogP contribution in [0.3, 0.4) is 0 Å². The molecule has 0 aromatic carbocycles. The molecule has 110 valence electrons. The fourth-order valence-corrected chi connectivity index (χ4v) is 2.11. The molecule has 20 heavy (non-hydrogen) atoms. The number of rotatable bonds is 4. The Labute approximate surface area is 123 Å². The number of likely N-dealkylation sites (N-methyl/N-ethyl adjacent to an activating group) is 1. The highest BCUT2D eigenvalue weighted by molar-refractivity contribution is 6.28. The van der Waals surface area contributed by atoms with Crippen molar-refractivity contribution < 1.29 is 4.79 Å². The van der Waals surface area contributed by atoms with Gasteiger partial charge < -0.3 is 15.1 Å². The lowest BCUT2D eigenvalue weighted by Gasteiger charge is -2.20. The highest BCUT2D eigenvalue weighted by Crippen LogP contribution is 2.16. The Morgan fingerprint density at radius 1 is 1.30 bits per heavy atom. The quantitative estimate of drug-likeness (QED) is 0.894. The summed E-state index contributed by atoms with van der Waals surface area (Å²) in [6, 6.07) is 0. The lowest BCUT2D eigenvalue weighted by Crippen LogP contribution is -2.35. The second-order valence-electron chi connectivity index (χ2n) is 4.75. The lowest BCUT2D eigenvalue weighted by atomic mass is 10.4. The van der Waals surface area contributed by atoms with Gasteiger partial charge in [0.25, 0.3) is 0 Å². The number of aromatic nitrogens is 3. The summed E-state index contributed by atoms with van der Waals surface area (Å²) in [6.45, 7) is 4.56. The fraction of sp³-hybridized carbons (Fsp3) is 0.667. The van der Waals surface area contributed by atoms with Gasteiger partial charge in [-0.1, -0.05) is 6.92 Å². The molecule has 0 atom stereocenters. The molecule has 1 N–H and O–H groups in total. The van der Waals surface area contributed by atoms with Crippen LogP contribution in [-0.2, 0) is 4.79 Å². The van der Waals surface area contributed by atoms with E-state index in [1.54, 1.807) is 11.9 Å². The number of hydrogen-bond donors (Lipinski definition) is 1. The van der Waals surface area contributed by atoms with Gasteiger partial charge in [0.15, 0.2) is 0 Å². The van der Waals surface area contributed by atoms with Crippen LogP contribution in [0.5, 0.6) is 0 Å². The van der Waals surface area contributed by atoms with E-state index in [0.717, 1.165) is 32.5 Å². The first-order valence-corrected chi connectivity index (χ1v) is 7.12. The number of carbonyl (C=O) groups excluding carboxylic acids is 1. The highest BCUT2D eigenvalue weighted by atomic mass is 35.5. The average molecular weight is 299 g/mol. The van der Waals surface area contributed by atoms with Crippen molar-refractivity contribution in [2.24, 2.45) is 0 Å². The zero-order valence-corrected chi connectivity index (χ0v) is 12.5. The first kappa shape index (κ1) is 14.8. The molecule has 2 rings (SSSR count). The van der Waals surface area contributed by atoms with Crippen LogP contribution in [0.25, 0.3) is 0 Å². The minimum absolute atomic E-state index is 0.0575. The molecule has 8 heteroatoms. The van der Waals surface area contributed by atoms with Gasteiger partial charge in [0.05, 0.1) is 6.54 Å². The van der Waals surface area contributed by atoms with Gasteiger partial charge in [0.2, 0.25) is 23.1 Å². The maximum absolute atomic E-state index is 11.9. The first-order chi connectivity index (χ1) is 9.60. The summed E-state index contributed by atoms with van der Waals surface area (Å²) in [6.07, 6.45) is 1.84. The predicted octanol–water partition coefficient (Wildman–Crippen LogP) is 1.02. The first-order valence-electron chi connectivity index (χ1n) is 6.74. The maximum Gasteiger partial charge on any atom is 0.241 e. The SMILES string of the molecule is CCCNc1nc(Cl)nc(N2CCCN(C)C(=O)C2)n1. The van der Waals surface area contributed by atoms with Crippen LogP contribution in [0, 0.1) is 0 Å². The van der Waals surface area contributed by atoms with Crippen molar-refractivity contribution in [3.05, 3.63) is 5.28 Å². The topological polar surface area (TPSA) is 74.2 Å². The molecule has 1 aliphatic heterocycles. The maximum atomic E-state index is 11.9. The molecule has 0 spiro atoms. The standard InChI is InChI=1S/C12H19ClN6O/c1-3-5-14-11-15-10(13)16-12(17-11)19-7-4-6-18(2)9(20)8-19/h3-8H2,1-2H3,(H,14,15,16,17). The monoisotopic (exact) mass is 298 g/mol. The average Bonchev–Trinajstić information content (AvgIpc) is 2.58. The number of carbonyl (C=O) groups is 1. The Bertz CT molecular complexity index is 483. The van der Waals surface area contributed by atoms with Gasteiger partial charge in [-0.3, -0.25) is 4.79 Å². The van der Waals surface area contributed by atoms with E-state index >= 15 is 0 Å². The number of amides is 1. The Morgan fingerprint density at radius 3 is 2.85 bits per heavy atom. The highest BCUT2D eigenvalue weighted by Gasteiger charge is 2.21. The fourth-order valence-electron chi connectivity index (χ4n) is 1.95. The van der Waals surface area contributed by atoms with E-state index in [9.17, 15) is 4.79 Å². The Morgan fingerprint density at radius 2 is 2.10 bits per heavy atom. The summed E-state index contributed by atoms with van der Waals surface area (Å²) in [5.41, 5.74) is 0. The van der Waals surface area contributed by atoms with Crippen LogP contribution in [0.4, 0.5) is 11.9 Å². The van der Waals surface area contributed by atoms with Gasteiger partial charge in [0.1, 0.15) is 0 Å².